The molecule has 1 aromatic heterocycles. The van der Waals surface area contributed by atoms with Gasteiger partial charge in [-0.1, -0.05) is 12.1 Å². The van der Waals surface area contributed by atoms with Crippen LogP contribution in [0.25, 0.3) is 22.8 Å². The molecule has 2 aromatic carbocycles. The van der Waals surface area contributed by atoms with E-state index in [0.29, 0.717) is 24.0 Å². The maximum absolute atomic E-state index is 5.67. The predicted octanol–water partition coefficient (Wildman–Crippen LogP) is 3.77. The van der Waals surface area contributed by atoms with Gasteiger partial charge in [0, 0.05) is 16.8 Å². The lowest BCUT2D eigenvalue weighted by atomic mass is 10.2. The van der Waals surface area contributed by atoms with E-state index in [1.165, 1.54) is 0 Å². The summed E-state index contributed by atoms with van der Waals surface area (Å²) in [5.74, 6) is 1.86. The number of nitrogens with zero attached hydrogens (tertiary/aromatic N) is 2. The van der Waals surface area contributed by atoms with Crippen LogP contribution in [0, 0.1) is 0 Å². The zero-order valence-corrected chi connectivity index (χ0v) is 12.3. The molecular weight excluding hydrogens is 278 g/mol. The molecule has 5 nitrogen and oxygen atoms in total. The molecule has 0 radical (unpaired) electrons. The third-order valence-corrected chi connectivity index (χ3v) is 3.17. The van der Waals surface area contributed by atoms with E-state index in [4.69, 9.17) is 15.0 Å². The Morgan fingerprint density at radius 2 is 1.68 bits per heavy atom. The van der Waals surface area contributed by atoms with Crippen LogP contribution in [-0.2, 0) is 0 Å². The molecule has 0 amide bonds. The number of hydrogen-bond acceptors (Lipinski definition) is 5. The van der Waals surface area contributed by atoms with Crippen LogP contribution in [0.15, 0.2) is 53.1 Å². The second-order valence-corrected chi connectivity index (χ2v) is 4.92. The molecule has 0 aliphatic carbocycles. The molecular formula is C17H17N3O2. The minimum absolute atomic E-state index is 0.473. The van der Waals surface area contributed by atoms with E-state index in [1.807, 2.05) is 36.4 Å². The van der Waals surface area contributed by atoms with Crippen LogP contribution in [-0.4, -0.2) is 16.7 Å². The van der Waals surface area contributed by atoms with Gasteiger partial charge >= 0.3 is 0 Å². The van der Waals surface area contributed by atoms with Crippen LogP contribution in [0.4, 0.5) is 5.69 Å². The van der Waals surface area contributed by atoms with E-state index in [0.717, 1.165) is 23.3 Å². The van der Waals surface area contributed by atoms with Crippen molar-refractivity contribution in [1.82, 2.24) is 10.1 Å². The summed E-state index contributed by atoms with van der Waals surface area (Å²) in [4.78, 5) is 4.41. The SMILES string of the molecule is CCCOc1ccc(-c2noc(-c3ccc(N)cc3)n2)cc1. The van der Waals surface area contributed by atoms with Gasteiger partial charge in [0.25, 0.3) is 5.89 Å². The molecule has 112 valence electrons. The zero-order valence-electron chi connectivity index (χ0n) is 12.3. The topological polar surface area (TPSA) is 74.2 Å². The fourth-order valence-corrected chi connectivity index (χ4v) is 2.00. The van der Waals surface area contributed by atoms with Crippen molar-refractivity contribution in [3.63, 3.8) is 0 Å². The Hall–Kier alpha value is -2.82. The molecule has 1 heterocycles. The Labute approximate surface area is 128 Å². The van der Waals surface area contributed by atoms with E-state index in [9.17, 15) is 0 Å². The van der Waals surface area contributed by atoms with Gasteiger partial charge < -0.3 is 15.0 Å². The van der Waals surface area contributed by atoms with Gasteiger partial charge in [-0.2, -0.15) is 4.98 Å². The summed E-state index contributed by atoms with van der Waals surface area (Å²) in [5, 5.41) is 4.02. The Morgan fingerprint density at radius 3 is 2.36 bits per heavy atom. The highest BCUT2D eigenvalue weighted by Crippen LogP contribution is 2.24. The largest absolute Gasteiger partial charge is 0.494 e. The molecule has 0 saturated heterocycles. The van der Waals surface area contributed by atoms with E-state index in [-0.39, 0.29) is 0 Å². The predicted molar refractivity (Wildman–Crippen MR) is 85.4 cm³/mol. The Balaban J connectivity index is 1.79. The van der Waals surface area contributed by atoms with E-state index >= 15 is 0 Å². The van der Waals surface area contributed by atoms with Gasteiger partial charge in [0.15, 0.2) is 0 Å². The maximum Gasteiger partial charge on any atom is 0.258 e. The second-order valence-electron chi connectivity index (χ2n) is 4.92. The third-order valence-electron chi connectivity index (χ3n) is 3.17. The fraction of sp³-hybridized carbons (Fsp3) is 0.176. The van der Waals surface area contributed by atoms with Gasteiger partial charge in [0.05, 0.1) is 6.61 Å². The van der Waals surface area contributed by atoms with Crippen LogP contribution in [0.1, 0.15) is 13.3 Å². The first-order chi connectivity index (χ1) is 10.8. The van der Waals surface area contributed by atoms with Gasteiger partial charge in [-0.15, -0.1) is 0 Å². The zero-order chi connectivity index (χ0) is 15.4. The van der Waals surface area contributed by atoms with Crippen LogP contribution >= 0.6 is 0 Å². The van der Waals surface area contributed by atoms with Crippen LogP contribution in [0.3, 0.4) is 0 Å². The van der Waals surface area contributed by atoms with E-state index in [2.05, 4.69) is 17.1 Å². The molecule has 3 rings (SSSR count). The monoisotopic (exact) mass is 295 g/mol. The lowest BCUT2D eigenvalue weighted by Crippen LogP contribution is -1.94. The first kappa shape index (κ1) is 14.1. The number of anilines is 1. The lowest BCUT2D eigenvalue weighted by Gasteiger charge is -2.03. The van der Waals surface area contributed by atoms with Crippen molar-refractivity contribution in [1.29, 1.82) is 0 Å². The van der Waals surface area contributed by atoms with Crippen molar-refractivity contribution in [3.8, 4) is 28.6 Å². The average Bonchev–Trinajstić information content (AvgIpc) is 3.04. The number of aromatic nitrogens is 2. The smallest absolute Gasteiger partial charge is 0.258 e. The van der Waals surface area contributed by atoms with E-state index in [1.54, 1.807) is 12.1 Å². The summed E-state index contributed by atoms with van der Waals surface area (Å²) in [6, 6.07) is 15.0. The van der Waals surface area contributed by atoms with Crippen molar-refractivity contribution in [2.24, 2.45) is 0 Å². The normalized spacial score (nSPS) is 10.6. The highest BCUT2D eigenvalue weighted by atomic mass is 16.5. The van der Waals surface area contributed by atoms with Crippen molar-refractivity contribution in [2.45, 2.75) is 13.3 Å². The highest BCUT2D eigenvalue weighted by molar-refractivity contribution is 5.61. The summed E-state index contributed by atoms with van der Waals surface area (Å²) in [5.41, 5.74) is 8.10. The molecule has 0 saturated carbocycles. The molecule has 0 bridgehead atoms. The molecule has 0 aliphatic heterocycles. The minimum atomic E-state index is 0.473. The number of nitrogens with two attached hydrogens (primary N) is 1. The van der Waals surface area contributed by atoms with Gasteiger partial charge in [0.2, 0.25) is 5.82 Å². The summed E-state index contributed by atoms with van der Waals surface area (Å²) in [6.07, 6.45) is 0.984. The molecule has 0 aliphatic rings. The summed E-state index contributed by atoms with van der Waals surface area (Å²) in [6.45, 7) is 2.79. The lowest BCUT2D eigenvalue weighted by molar-refractivity contribution is 0.317. The van der Waals surface area contributed by atoms with Gasteiger partial charge in [0.1, 0.15) is 5.75 Å². The fourth-order valence-electron chi connectivity index (χ4n) is 2.00. The molecule has 5 heteroatoms. The number of nitrogen functional groups attached to an aromatic ring is 1. The average molecular weight is 295 g/mol. The number of hydrogen-bond donors (Lipinski definition) is 1. The Kier molecular flexibility index (Phi) is 4.05. The van der Waals surface area contributed by atoms with Crippen molar-refractivity contribution >= 4 is 5.69 Å². The number of ether oxygens (including phenoxy) is 1. The van der Waals surface area contributed by atoms with Crippen molar-refractivity contribution in [2.75, 3.05) is 12.3 Å². The third kappa shape index (κ3) is 3.09. The molecule has 0 unspecified atom stereocenters. The Bertz CT molecular complexity index is 733. The van der Waals surface area contributed by atoms with Crippen LogP contribution in [0.2, 0.25) is 0 Å². The quantitative estimate of drug-likeness (QED) is 0.725. The van der Waals surface area contributed by atoms with Gasteiger partial charge in [-0.25, -0.2) is 0 Å². The molecule has 0 atom stereocenters. The molecule has 0 spiro atoms. The first-order valence-electron chi connectivity index (χ1n) is 7.19. The molecule has 3 aromatic rings. The molecule has 22 heavy (non-hydrogen) atoms. The maximum atomic E-state index is 5.67. The van der Waals surface area contributed by atoms with E-state index < -0.39 is 0 Å². The van der Waals surface area contributed by atoms with Crippen molar-refractivity contribution in [3.05, 3.63) is 48.5 Å². The first-order valence-corrected chi connectivity index (χ1v) is 7.19. The van der Waals surface area contributed by atoms with Crippen LogP contribution in [0.5, 0.6) is 5.75 Å². The summed E-state index contributed by atoms with van der Waals surface area (Å²) < 4.78 is 10.9. The standard InChI is InChI=1S/C17H17N3O2/c1-2-11-21-15-9-5-12(6-10-15)16-19-17(22-20-16)13-3-7-14(18)8-4-13/h3-10H,2,11,18H2,1H3. The molecule has 2 N–H and O–H groups in total. The number of benzene rings is 2. The minimum Gasteiger partial charge on any atom is -0.494 e. The van der Waals surface area contributed by atoms with Gasteiger partial charge in [-0.3, -0.25) is 0 Å². The second kappa shape index (κ2) is 6.30. The Morgan fingerprint density at radius 1 is 1.00 bits per heavy atom. The van der Waals surface area contributed by atoms with Crippen LogP contribution < -0.4 is 10.5 Å². The summed E-state index contributed by atoms with van der Waals surface area (Å²) >= 11 is 0. The van der Waals surface area contributed by atoms with Gasteiger partial charge in [-0.05, 0) is 55.0 Å². The summed E-state index contributed by atoms with van der Waals surface area (Å²) in [7, 11) is 0. The number of rotatable bonds is 5. The van der Waals surface area contributed by atoms with Crippen molar-refractivity contribution < 1.29 is 9.26 Å². The highest BCUT2D eigenvalue weighted by Gasteiger charge is 2.10. The molecule has 0 fully saturated rings.